The fourth-order valence-electron chi connectivity index (χ4n) is 9.12. The number of esters is 3. The van der Waals surface area contributed by atoms with E-state index in [2.05, 4.69) is 57.2 Å². The minimum Gasteiger partial charge on any atom is -0.462 e. The van der Waals surface area contributed by atoms with Gasteiger partial charge in [0.15, 0.2) is 6.10 Å². The molecule has 1 unspecified atom stereocenters. The van der Waals surface area contributed by atoms with Gasteiger partial charge >= 0.3 is 17.9 Å². The molecule has 70 heavy (non-hydrogen) atoms. The molecule has 0 aromatic rings. The van der Waals surface area contributed by atoms with Gasteiger partial charge in [-0.2, -0.15) is 0 Å². The Labute approximate surface area is 435 Å². The van der Waals surface area contributed by atoms with Crippen molar-refractivity contribution in [2.24, 2.45) is 0 Å². The van der Waals surface area contributed by atoms with Crippen LogP contribution in [0.25, 0.3) is 0 Å². The second-order valence-corrected chi connectivity index (χ2v) is 21.0. The van der Waals surface area contributed by atoms with E-state index in [0.29, 0.717) is 19.3 Å². The molecule has 0 spiro atoms. The summed E-state index contributed by atoms with van der Waals surface area (Å²) in [4.78, 5) is 38.2. The number of ether oxygens (including phenoxy) is 3. The van der Waals surface area contributed by atoms with E-state index in [9.17, 15) is 14.4 Å². The topological polar surface area (TPSA) is 78.9 Å². The molecule has 0 N–H and O–H groups in total. The molecule has 0 saturated heterocycles. The van der Waals surface area contributed by atoms with Gasteiger partial charge in [-0.3, -0.25) is 14.4 Å². The number of carbonyl (C=O) groups excluding carboxylic acids is 3. The molecule has 0 fully saturated rings. The molecule has 0 bridgehead atoms. The second-order valence-electron chi connectivity index (χ2n) is 21.0. The summed E-state index contributed by atoms with van der Waals surface area (Å²) in [5.74, 6) is -0.877. The summed E-state index contributed by atoms with van der Waals surface area (Å²) in [6.45, 7) is 6.63. The first-order valence-corrected chi connectivity index (χ1v) is 31.0. The minimum atomic E-state index is -0.778. The summed E-state index contributed by atoms with van der Waals surface area (Å²) >= 11 is 0. The van der Waals surface area contributed by atoms with Crippen LogP contribution in [0.15, 0.2) is 36.5 Å². The van der Waals surface area contributed by atoms with Crippen molar-refractivity contribution in [1.29, 1.82) is 0 Å². The molecular formula is C64H118O6. The van der Waals surface area contributed by atoms with Crippen molar-refractivity contribution in [1.82, 2.24) is 0 Å². The Bertz CT molecular complexity index is 1170. The van der Waals surface area contributed by atoms with E-state index >= 15 is 0 Å². The number of hydrogen-bond acceptors (Lipinski definition) is 6. The van der Waals surface area contributed by atoms with E-state index in [1.807, 2.05) is 0 Å². The number of allylic oxidation sites excluding steroid dienone is 6. The highest BCUT2D eigenvalue weighted by Gasteiger charge is 2.19. The van der Waals surface area contributed by atoms with E-state index in [-0.39, 0.29) is 31.1 Å². The quantitative estimate of drug-likeness (QED) is 0.0261. The molecule has 1 atom stereocenters. The van der Waals surface area contributed by atoms with Crippen LogP contribution < -0.4 is 0 Å². The van der Waals surface area contributed by atoms with Gasteiger partial charge in [0, 0.05) is 19.3 Å². The lowest BCUT2D eigenvalue weighted by Crippen LogP contribution is -2.30. The van der Waals surface area contributed by atoms with Crippen molar-refractivity contribution in [2.45, 2.75) is 341 Å². The van der Waals surface area contributed by atoms with Gasteiger partial charge in [0.05, 0.1) is 0 Å². The Balaban J connectivity index is 4.21. The third-order valence-electron chi connectivity index (χ3n) is 13.8. The number of carbonyl (C=O) groups is 3. The first-order valence-electron chi connectivity index (χ1n) is 31.0. The molecule has 6 heteroatoms. The Morgan fingerprint density at radius 2 is 0.486 bits per heavy atom. The van der Waals surface area contributed by atoms with E-state index in [1.54, 1.807) is 0 Å². The van der Waals surface area contributed by atoms with Gasteiger partial charge in [0.2, 0.25) is 0 Å². The standard InChI is InChI=1S/C64H118O6/c1-4-7-10-13-16-19-22-24-26-28-29-30-31-32-33-34-35-36-38-39-42-45-48-51-54-57-63(66)69-60-61(59-68-62(65)56-53-50-47-44-41-21-18-15-12-9-6-3)70-64(67)58-55-52-49-46-43-40-37-27-25-23-20-17-14-11-8-5-2/h15,18,27-29,37,61H,4-14,16-17,19-26,30-36,38-60H2,1-3H3/b18-15-,29-28-,37-27-. The largest absolute Gasteiger partial charge is 0.462 e. The van der Waals surface area contributed by atoms with Crippen molar-refractivity contribution in [3.8, 4) is 0 Å². The molecular weight excluding hydrogens is 865 g/mol. The van der Waals surface area contributed by atoms with Crippen molar-refractivity contribution in [2.75, 3.05) is 13.2 Å². The van der Waals surface area contributed by atoms with Crippen LogP contribution >= 0.6 is 0 Å². The third-order valence-corrected chi connectivity index (χ3v) is 13.8. The van der Waals surface area contributed by atoms with Crippen LogP contribution in [0.5, 0.6) is 0 Å². The minimum absolute atomic E-state index is 0.0754. The van der Waals surface area contributed by atoms with Gasteiger partial charge in [-0.1, -0.05) is 263 Å². The predicted octanol–water partition coefficient (Wildman–Crippen LogP) is 20.8. The molecule has 0 aliphatic rings. The van der Waals surface area contributed by atoms with Crippen molar-refractivity contribution < 1.29 is 28.6 Å². The van der Waals surface area contributed by atoms with Crippen molar-refractivity contribution in [3.05, 3.63) is 36.5 Å². The van der Waals surface area contributed by atoms with Crippen molar-refractivity contribution in [3.63, 3.8) is 0 Å². The molecule has 0 amide bonds. The number of hydrogen-bond donors (Lipinski definition) is 0. The van der Waals surface area contributed by atoms with Gasteiger partial charge in [-0.05, 0) is 89.9 Å². The summed E-state index contributed by atoms with van der Waals surface area (Å²) in [5, 5.41) is 0. The number of unbranched alkanes of at least 4 members (excludes halogenated alkanes) is 40. The monoisotopic (exact) mass is 983 g/mol. The first-order chi connectivity index (χ1) is 34.5. The predicted molar refractivity (Wildman–Crippen MR) is 302 cm³/mol. The fourth-order valence-corrected chi connectivity index (χ4v) is 9.12. The Hall–Kier alpha value is -2.37. The summed E-state index contributed by atoms with van der Waals surface area (Å²) in [7, 11) is 0. The zero-order valence-electron chi connectivity index (χ0n) is 47.1. The molecule has 6 nitrogen and oxygen atoms in total. The van der Waals surface area contributed by atoms with Crippen LogP contribution in [-0.4, -0.2) is 37.2 Å². The number of rotatable bonds is 57. The molecule has 0 rings (SSSR count). The maximum absolute atomic E-state index is 12.9. The highest BCUT2D eigenvalue weighted by molar-refractivity contribution is 5.71. The van der Waals surface area contributed by atoms with Gasteiger partial charge in [0.1, 0.15) is 13.2 Å². The Morgan fingerprint density at radius 1 is 0.271 bits per heavy atom. The average molecular weight is 984 g/mol. The summed E-state index contributed by atoms with van der Waals surface area (Å²) in [6, 6.07) is 0. The first kappa shape index (κ1) is 67.6. The third kappa shape index (κ3) is 56.5. The average Bonchev–Trinajstić information content (AvgIpc) is 3.36. The van der Waals surface area contributed by atoms with E-state index in [1.165, 1.54) is 225 Å². The second kappa shape index (κ2) is 59.2. The SMILES string of the molecule is CCCC/C=C\CCCCCCCC(=O)OCC(COC(=O)CCCCCCCCCCCCCCC/C=C\CCCCCCCCCC)OC(=O)CCCCCCC/C=C\CCCCCCCCC. The van der Waals surface area contributed by atoms with E-state index in [4.69, 9.17) is 14.2 Å². The zero-order valence-corrected chi connectivity index (χ0v) is 47.1. The smallest absolute Gasteiger partial charge is 0.306 e. The van der Waals surface area contributed by atoms with Crippen LogP contribution in [-0.2, 0) is 28.6 Å². The van der Waals surface area contributed by atoms with Crippen LogP contribution in [0, 0.1) is 0 Å². The lowest BCUT2D eigenvalue weighted by atomic mass is 10.0. The molecule has 0 radical (unpaired) electrons. The van der Waals surface area contributed by atoms with E-state index in [0.717, 1.165) is 70.6 Å². The highest BCUT2D eigenvalue weighted by Crippen LogP contribution is 2.17. The summed E-state index contributed by atoms with van der Waals surface area (Å²) in [6.07, 6.45) is 71.6. The molecule has 0 aromatic carbocycles. The normalized spacial score (nSPS) is 12.2. The van der Waals surface area contributed by atoms with Crippen LogP contribution in [0.1, 0.15) is 335 Å². The van der Waals surface area contributed by atoms with Crippen LogP contribution in [0.3, 0.4) is 0 Å². The van der Waals surface area contributed by atoms with Crippen LogP contribution in [0.4, 0.5) is 0 Å². The Morgan fingerprint density at radius 3 is 0.757 bits per heavy atom. The zero-order chi connectivity index (χ0) is 50.7. The van der Waals surface area contributed by atoms with Gasteiger partial charge in [0.25, 0.3) is 0 Å². The lowest BCUT2D eigenvalue weighted by molar-refractivity contribution is -0.167. The van der Waals surface area contributed by atoms with Crippen LogP contribution in [0.2, 0.25) is 0 Å². The van der Waals surface area contributed by atoms with Gasteiger partial charge in [-0.25, -0.2) is 0 Å². The lowest BCUT2D eigenvalue weighted by Gasteiger charge is -2.18. The maximum Gasteiger partial charge on any atom is 0.306 e. The van der Waals surface area contributed by atoms with Crippen molar-refractivity contribution >= 4 is 17.9 Å². The summed E-state index contributed by atoms with van der Waals surface area (Å²) in [5.41, 5.74) is 0. The molecule has 0 saturated carbocycles. The fraction of sp³-hybridized carbons (Fsp3) is 0.859. The Kier molecular flexibility index (Phi) is 57.2. The molecule has 0 aromatic heterocycles. The molecule has 0 heterocycles. The molecule has 410 valence electrons. The van der Waals surface area contributed by atoms with Gasteiger partial charge < -0.3 is 14.2 Å². The highest BCUT2D eigenvalue weighted by atomic mass is 16.6. The molecule has 0 aliphatic heterocycles. The van der Waals surface area contributed by atoms with E-state index < -0.39 is 6.10 Å². The summed E-state index contributed by atoms with van der Waals surface area (Å²) < 4.78 is 16.9. The molecule has 0 aliphatic carbocycles. The van der Waals surface area contributed by atoms with Gasteiger partial charge in [-0.15, -0.1) is 0 Å². The maximum atomic E-state index is 12.9.